The zero-order valence-corrected chi connectivity index (χ0v) is 12.5. The highest BCUT2D eigenvalue weighted by atomic mass is 32.1. The third-order valence-corrected chi connectivity index (χ3v) is 5.06. The molecule has 18 heavy (non-hydrogen) atoms. The second kappa shape index (κ2) is 6.02. The maximum Gasteiger partial charge on any atom is 0.186 e. The molecule has 0 amide bonds. The molecule has 1 aromatic heterocycles. The number of hydrogen-bond donors (Lipinski definition) is 1. The Morgan fingerprint density at radius 3 is 2.89 bits per heavy atom. The normalized spacial score (nSPS) is 22.2. The van der Waals surface area contributed by atoms with Gasteiger partial charge in [0.2, 0.25) is 0 Å². The average molecular weight is 268 g/mol. The van der Waals surface area contributed by atoms with E-state index in [0.29, 0.717) is 6.04 Å². The molecule has 0 radical (unpaired) electrons. The third-order valence-electron chi connectivity index (χ3n) is 3.70. The van der Waals surface area contributed by atoms with E-state index in [2.05, 4.69) is 16.8 Å². The standard InChI is InChI=1S/C14H24N2OS/c1-4-7-12-8-5-6-9-16(12)14-15-10(2)13(18-14)11(3)17/h11-12,17H,4-9H2,1-3H3. The van der Waals surface area contributed by atoms with E-state index >= 15 is 0 Å². The monoisotopic (exact) mass is 268 g/mol. The van der Waals surface area contributed by atoms with Gasteiger partial charge in [-0.05, 0) is 39.5 Å². The van der Waals surface area contributed by atoms with Gasteiger partial charge in [0.1, 0.15) is 0 Å². The number of aliphatic hydroxyl groups is 1. The molecule has 1 fully saturated rings. The zero-order valence-electron chi connectivity index (χ0n) is 11.6. The average Bonchev–Trinajstić information content (AvgIpc) is 2.72. The molecule has 1 aromatic rings. The highest BCUT2D eigenvalue weighted by molar-refractivity contribution is 7.15. The number of piperidine rings is 1. The summed E-state index contributed by atoms with van der Waals surface area (Å²) in [5.74, 6) is 0. The molecule has 4 heteroatoms. The predicted octanol–water partition coefficient (Wildman–Crippen LogP) is 3.66. The number of nitrogens with zero attached hydrogens (tertiary/aromatic N) is 2. The van der Waals surface area contributed by atoms with Crippen LogP contribution in [0.1, 0.15) is 62.6 Å². The molecule has 1 N–H and O–H groups in total. The van der Waals surface area contributed by atoms with Crippen molar-refractivity contribution in [3.8, 4) is 0 Å². The molecule has 2 atom stereocenters. The van der Waals surface area contributed by atoms with Crippen molar-refractivity contribution in [2.45, 2.75) is 65.0 Å². The first kappa shape index (κ1) is 13.8. The Morgan fingerprint density at radius 2 is 2.28 bits per heavy atom. The van der Waals surface area contributed by atoms with Crippen LogP contribution in [0.25, 0.3) is 0 Å². The Hall–Kier alpha value is -0.610. The van der Waals surface area contributed by atoms with Crippen molar-refractivity contribution in [2.24, 2.45) is 0 Å². The fraction of sp³-hybridized carbons (Fsp3) is 0.786. The van der Waals surface area contributed by atoms with Gasteiger partial charge in [-0.25, -0.2) is 4.98 Å². The predicted molar refractivity (Wildman–Crippen MR) is 77.4 cm³/mol. The van der Waals surface area contributed by atoms with Gasteiger partial charge < -0.3 is 10.0 Å². The molecule has 2 rings (SSSR count). The Kier molecular flexibility index (Phi) is 4.62. The van der Waals surface area contributed by atoms with Crippen molar-refractivity contribution < 1.29 is 5.11 Å². The van der Waals surface area contributed by atoms with Crippen LogP contribution in [0, 0.1) is 6.92 Å². The van der Waals surface area contributed by atoms with E-state index in [1.165, 1.54) is 32.1 Å². The van der Waals surface area contributed by atoms with Crippen molar-refractivity contribution in [1.82, 2.24) is 4.98 Å². The van der Waals surface area contributed by atoms with Gasteiger partial charge in [0.15, 0.2) is 5.13 Å². The molecule has 0 spiro atoms. The van der Waals surface area contributed by atoms with Crippen LogP contribution in [-0.2, 0) is 0 Å². The van der Waals surface area contributed by atoms with E-state index in [9.17, 15) is 5.11 Å². The van der Waals surface area contributed by atoms with Gasteiger partial charge in [-0.1, -0.05) is 24.7 Å². The van der Waals surface area contributed by atoms with Crippen LogP contribution in [0.5, 0.6) is 0 Å². The molecule has 0 bridgehead atoms. The number of aromatic nitrogens is 1. The fourth-order valence-corrected chi connectivity index (χ4v) is 3.89. The summed E-state index contributed by atoms with van der Waals surface area (Å²) in [6.07, 6.45) is 5.98. The molecular formula is C14H24N2OS. The third kappa shape index (κ3) is 2.86. The minimum absolute atomic E-state index is 0.398. The molecular weight excluding hydrogens is 244 g/mol. The Balaban J connectivity index is 2.20. The Labute approximate surface area is 114 Å². The van der Waals surface area contributed by atoms with Crippen LogP contribution in [0.4, 0.5) is 5.13 Å². The van der Waals surface area contributed by atoms with Gasteiger partial charge in [-0.2, -0.15) is 0 Å². The first-order valence-corrected chi connectivity index (χ1v) is 7.87. The Bertz CT molecular complexity index is 387. The largest absolute Gasteiger partial charge is 0.388 e. The number of hydrogen-bond acceptors (Lipinski definition) is 4. The summed E-state index contributed by atoms with van der Waals surface area (Å²) < 4.78 is 0. The molecule has 102 valence electrons. The molecule has 1 aliphatic heterocycles. The first-order chi connectivity index (χ1) is 8.63. The number of thiazole rings is 1. The summed E-state index contributed by atoms with van der Waals surface area (Å²) >= 11 is 1.67. The van der Waals surface area contributed by atoms with E-state index in [1.807, 2.05) is 13.8 Å². The minimum Gasteiger partial charge on any atom is -0.388 e. The molecule has 0 saturated carbocycles. The minimum atomic E-state index is -0.398. The zero-order chi connectivity index (χ0) is 13.1. The second-order valence-corrected chi connectivity index (χ2v) is 6.26. The van der Waals surface area contributed by atoms with Crippen molar-refractivity contribution in [3.63, 3.8) is 0 Å². The quantitative estimate of drug-likeness (QED) is 0.905. The van der Waals surface area contributed by atoms with E-state index in [4.69, 9.17) is 0 Å². The van der Waals surface area contributed by atoms with Crippen molar-refractivity contribution in [3.05, 3.63) is 10.6 Å². The van der Waals surface area contributed by atoms with Gasteiger partial charge in [-0.3, -0.25) is 0 Å². The number of rotatable bonds is 4. The van der Waals surface area contributed by atoms with Gasteiger partial charge >= 0.3 is 0 Å². The van der Waals surface area contributed by atoms with E-state index < -0.39 is 6.10 Å². The summed E-state index contributed by atoms with van der Waals surface area (Å²) in [6.45, 7) is 7.20. The van der Waals surface area contributed by atoms with Crippen LogP contribution in [-0.4, -0.2) is 22.7 Å². The van der Waals surface area contributed by atoms with Crippen LogP contribution < -0.4 is 4.90 Å². The lowest BCUT2D eigenvalue weighted by atomic mass is 9.99. The maximum absolute atomic E-state index is 9.74. The lowest BCUT2D eigenvalue weighted by Crippen LogP contribution is -2.39. The van der Waals surface area contributed by atoms with Crippen molar-refractivity contribution in [1.29, 1.82) is 0 Å². The van der Waals surface area contributed by atoms with Crippen LogP contribution in [0.15, 0.2) is 0 Å². The van der Waals surface area contributed by atoms with Crippen LogP contribution in [0.3, 0.4) is 0 Å². The maximum atomic E-state index is 9.74. The van der Waals surface area contributed by atoms with Crippen molar-refractivity contribution in [2.75, 3.05) is 11.4 Å². The van der Waals surface area contributed by atoms with Crippen LogP contribution in [0.2, 0.25) is 0 Å². The molecule has 2 heterocycles. The second-order valence-electron chi connectivity index (χ2n) is 5.25. The Morgan fingerprint density at radius 1 is 1.50 bits per heavy atom. The highest BCUT2D eigenvalue weighted by Crippen LogP contribution is 2.34. The lowest BCUT2D eigenvalue weighted by Gasteiger charge is -2.35. The van der Waals surface area contributed by atoms with E-state index in [-0.39, 0.29) is 0 Å². The smallest absolute Gasteiger partial charge is 0.186 e. The topological polar surface area (TPSA) is 36.4 Å². The van der Waals surface area contributed by atoms with Gasteiger partial charge in [-0.15, -0.1) is 0 Å². The van der Waals surface area contributed by atoms with Crippen LogP contribution >= 0.6 is 11.3 Å². The van der Waals surface area contributed by atoms with Gasteiger partial charge in [0.25, 0.3) is 0 Å². The van der Waals surface area contributed by atoms with E-state index in [1.54, 1.807) is 11.3 Å². The van der Waals surface area contributed by atoms with Crippen molar-refractivity contribution >= 4 is 16.5 Å². The fourth-order valence-electron chi connectivity index (χ4n) is 2.79. The molecule has 2 unspecified atom stereocenters. The van der Waals surface area contributed by atoms with Gasteiger partial charge in [0, 0.05) is 12.6 Å². The number of anilines is 1. The first-order valence-electron chi connectivity index (χ1n) is 7.05. The van der Waals surface area contributed by atoms with E-state index in [0.717, 1.165) is 22.2 Å². The summed E-state index contributed by atoms with van der Waals surface area (Å²) in [5, 5.41) is 10.8. The molecule has 3 nitrogen and oxygen atoms in total. The summed E-state index contributed by atoms with van der Waals surface area (Å²) in [5.41, 5.74) is 0.992. The number of aliphatic hydroxyl groups excluding tert-OH is 1. The summed E-state index contributed by atoms with van der Waals surface area (Å²) in [7, 11) is 0. The van der Waals surface area contributed by atoms with Gasteiger partial charge in [0.05, 0.1) is 16.7 Å². The highest BCUT2D eigenvalue weighted by Gasteiger charge is 2.25. The molecule has 0 aromatic carbocycles. The number of aryl methyl sites for hydroxylation is 1. The summed E-state index contributed by atoms with van der Waals surface area (Å²) in [6, 6.07) is 0.649. The SMILES string of the molecule is CCCC1CCCCN1c1nc(C)c(C(C)O)s1. The lowest BCUT2D eigenvalue weighted by molar-refractivity contribution is 0.202. The molecule has 0 aliphatic carbocycles. The molecule has 1 aliphatic rings. The summed E-state index contributed by atoms with van der Waals surface area (Å²) in [4.78, 5) is 8.16. The molecule has 1 saturated heterocycles.